The van der Waals surface area contributed by atoms with Gasteiger partial charge in [0.15, 0.2) is 5.78 Å². The van der Waals surface area contributed by atoms with Crippen molar-refractivity contribution in [1.29, 1.82) is 0 Å². The second-order valence-electron chi connectivity index (χ2n) is 11.0. The number of carbonyl (C=O) groups is 1. The molecule has 0 aromatic carbocycles. The fourth-order valence-corrected chi connectivity index (χ4v) is 8.51. The SMILES string of the molecule is C[C@]12CCCC[C@H]1CC[C@@H]1[C@@H]2CC[C@]2(C)[C@@H](C(=O)COc3ccncc3)CC[C@@H]12. The first-order chi connectivity index (χ1) is 14.0. The highest BCUT2D eigenvalue weighted by Gasteiger charge is 2.60. The lowest BCUT2D eigenvalue weighted by atomic mass is 9.45. The van der Waals surface area contributed by atoms with Gasteiger partial charge in [-0.1, -0.05) is 26.7 Å². The fourth-order valence-electron chi connectivity index (χ4n) is 8.51. The Labute approximate surface area is 176 Å². The number of aromatic nitrogens is 1. The number of pyridine rings is 1. The molecule has 1 heterocycles. The summed E-state index contributed by atoms with van der Waals surface area (Å²) in [6, 6.07) is 3.67. The molecule has 5 rings (SSSR count). The molecule has 4 fully saturated rings. The van der Waals surface area contributed by atoms with Crippen LogP contribution in [0, 0.1) is 40.4 Å². The number of Topliss-reactive ketones (excluding diaryl/α,β-unsaturated/α-hetero) is 1. The van der Waals surface area contributed by atoms with Crippen LogP contribution in [0.1, 0.15) is 78.1 Å². The van der Waals surface area contributed by atoms with Crippen LogP contribution in [0.2, 0.25) is 0 Å². The van der Waals surface area contributed by atoms with Crippen molar-refractivity contribution in [3.8, 4) is 5.75 Å². The topological polar surface area (TPSA) is 39.2 Å². The van der Waals surface area contributed by atoms with E-state index in [1.54, 1.807) is 12.4 Å². The van der Waals surface area contributed by atoms with Crippen molar-refractivity contribution in [2.24, 2.45) is 40.4 Å². The molecule has 7 atom stereocenters. The largest absolute Gasteiger partial charge is 0.486 e. The zero-order valence-electron chi connectivity index (χ0n) is 18.2. The molecule has 29 heavy (non-hydrogen) atoms. The predicted molar refractivity (Wildman–Crippen MR) is 115 cm³/mol. The van der Waals surface area contributed by atoms with Crippen molar-refractivity contribution in [3.63, 3.8) is 0 Å². The van der Waals surface area contributed by atoms with Gasteiger partial charge in [-0.15, -0.1) is 0 Å². The van der Waals surface area contributed by atoms with Crippen LogP contribution in [0.4, 0.5) is 0 Å². The number of ether oxygens (including phenoxy) is 1. The van der Waals surface area contributed by atoms with Gasteiger partial charge in [-0.3, -0.25) is 9.78 Å². The van der Waals surface area contributed by atoms with E-state index in [2.05, 4.69) is 18.8 Å². The van der Waals surface area contributed by atoms with Crippen LogP contribution >= 0.6 is 0 Å². The van der Waals surface area contributed by atoms with Crippen LogP contribution in [0.15, 0.2) is 24.5 Å². The number of ketones is 1. The summed E-state index contributed by atoms with van der Waals surface area (Å²) in [7, 11) is 0. The molecule has 4 aliphatic carbocycles. The van der Waals surface area contributed by atoms with Gasteiger partial charge >= 0.3 is 0 Å². The fraction of sp³-hybridized carbons (Fsp3) is 0.769. The van der Waals surface area contributed by atoms with E-state index in [1.807, 2.05) is 12.1 Å². The van der Waals surface area contributed by atoms with Crippen LogP contribution in [0.25, 0.3) is 0 Å². The van der Waals surface area contributed by atoms with Crippen LogP contribution in [0.3, 0.4) is 0 Å². The van der Waals surface area contributed by atoms with Crippen LogP contribution in [-0.4, -0.2) is 17.4 Å². The molecule has 0 N–H and O–H groups in total. The average Bonchev–Trinajstić information content (AvgIpc) is 3.09. The van der Waals surface area contributed by atoms with Gasteiger partial charge < -0.3 is 4.74 Å². The first-order valence-corrected chi connectivity index (χ1v) is 12.1. The molecule has 3 heteroatoms. The molecule has 1 aromatic heterocycles. The lowest BCUT2D eigenvalue weighted by Crippen LogP contribution is -2.53. The molecule has 0 bridgehead atoms. The van der Waals surface area contributed by atoms with Crippen LogP contribution < -0.4 is 4.74 Å². The van der Waals surface area contributed by atoms with E-state index < -0.39 is 0 Å². The summed E-state index contributed by atoms with van der Waals surface area (Å²) in [4.78, 5) is 17.2. The summed E-state index contributed by atoms with van der Waals surface area (Å²) < 4.78 is 5.81. The van der Waals surface area contributed by atoms with E-state index >= 15 is 0 Å². The molecular weight excluding hydrogens is 358 g/mol. The van der Waals surface area contributed by atoms with Crippen molar-refractivity contribution >= 4 is 5.78 Å². The minimum atomic E-state index is 0.187. The lowest BCUT2D eigenvalue weighted by molar-refractivity contribution is -0.136. The van der Waals surface area contributed by atoms with Gasteiger partial charge in [-0.25, -0.2) is 0 Å². The summed E-state index contributed by atoms with van der Waals surface area (Å²) in [6.45, 7) is 5.30. The van der Waals surface area contributed by atoms with Crippen molar-refractivity contribution in [2.75, 3.05) is 6.61 Å². The third kappa shape index (κ3) is 3.15. The van der Waals surface area contributed by atoms with Gasteiger partial charge in [-0.2, -0.15) is 0 Å². The van der Waals surface area contributed by atoms with Gasteiger partial charge in [0.2, 0.25) is 0 Å². The molecule has 3 nitrogen and oxygen atoms in total. The molecular formula is C26H37NO2. The molecule has 0 aliphatic heterocycles. The normalized spacial score (nSPS) is 43.7. The molecule has 0 amide bonds. The minimum absolute atomic E-state index is 0.187. The van der Waals surface area contributed by atoms with E-state index in [9.17, 15) is 4.79 Å². The zero-order valence-corrected chi connectivity index (χ0v) is 18.2. The maximum atomic E-state index is 13.2. The standard InChI is InChI=1S/C26H37NO2/c1-25-13-4-3-5-18(25)6-7-20-21-8-9-23(26(21,2)14-10-22(20)25)24(28)17-29-19-11-15-27-16-12-19/h11-12,15-16,18,20-23H,3-10,13-14,17H2,1-2H3/t18-,20-,21-,22-,23+,25-,26-/m0/s1. The van der Waals surface area contributed by atoms with Gasteiger partial charge in [0.25, 0.3) is 0 Å². The highest BCUT2D eigenvalue weighted by molar-refractivity contribution is 5.83. The molecule has 1 aromatic rings. The molecule has 0 unspecified atom stereocenters. The summed E-state index contributed by atoms with van der Waals surface area (Å²) >= 11 is 0. The molecule has 4 aliphatic rings. The first kappa shape index (κ1) is 19.6. The Hall–Kier alpha value is -1.38. The highest BCUT2D eigenvalue weighted by atomic mass is 16.5. The van der Waals surface area contributed by atoms with Gasteiger partial charge in [-0.05, 0) is 98.0 Å². The Bertz CT molecular complexity index is 748. The summed E-state index contributed by atoms with van der Waals surface area (Å²) in [5.41, 5.74) is 0.771. The van der Waals surface area contributed by atoms with E-state index in [0.29, 0.717) is 11.2 Å². The van der Waals surface area contributed by atoms with Crippen molar-refractivity contribution in [1.82, 2.24) is 4.98 Å². The van der Waals surface area contributed by atoms with Gasteiger partial charge in [0, 0.05) is 18.3 Å². The van der Waals surface area contributed by atoms with Gasteiger partial charge in [0.05, 0.1) is 0 Å². The summed E-state index contributed by atoms with van der Waals surface area (Å²) in [5.74, 6) is 4.73. The highest BCUT2D eigenvalue weighted by Crippen LogP contribution is 2.67. The van der Waals surface area contributed by atoms with Crippen LogP contribution in [0.5, 0.6) is 5.75 Å². The third-order valence-electron chi connectivity index (χ3n) is 10.0. The predicted octanol–water partition coefficient (Wildman–Crippen LogP) is 6.08. The number of hydrogen-bond acceptors (Lipinski definition) is 3. The zero-order chi connectivity index (χ0) is 20.1. The average molecular weight is 396 g/mol. The van der Waals surface area contributed by atoms with E-state index in [-0.39, 0.29) is 17.9 Å². The molecule has 4 saturated carbocycles. The molecule has 158 valence electrons. The van der Waals surface area contributed by atoms with E-state index in [1.165, 1.54) is 57.8 Å². The summed E-state index contributed by atoms with van der Waals surface area (Å²) in [6.07, 6.45) is 17.0. The molecule has 0 spiro atoms. The second-order valence-corrected chi connectivity index (χ2v) is 11.0. The Morgan fingerprint density at radius 3 is 2.59 bits per heavy atom. The number of fused-ring (bicyclic) bond motifs is 5. The lowest BCUT2D eigenvalue weighted by Gasteiger charge is -2.60. The monoisotopic (exact) mass is 395 g/mol. The smallest absolute Gasteiger partial charge is 0.173 e. The van der Waals surface area contributed by atoms with Gasteiger partial charge in [0.1, 0.15) is 12.4 Å². The Kier molecular flexibility index (Phi) is 4.99. The maximum absolute atomic E-state index is 13.2. The molecule has 0 radical (unpaired) electrons. The first-order valence-electron chi connectivity index (χ1n) is 12.1. The maximum Gasteiger partial charge on any atom is 0.173 e. The molecule has 0 saturated heterocycles. The minimum Gasteiger partial charge on any atom is -0.486 e. The van der Waals surface area contributed by atoms with Crippen molar-refractivity contribution < 1.29 is 9.53 Å². The number of hydrogen-bond donors (Lipinski definition) is 0. The van der Waals surface area contributed by atoms with E-state index in [4.69, 9.17) is 4.74 Å². The second kappa shape index (κ2) is 7.39. The van der Waals surface area contributed by atoms with Crippen LogP contribution in [-0.2, 0) is 4.79 Å². The Balaban J connectivity index is 1.30. The van der Waals surface area contributed by atoms with Crippen molar-refractivity contribution in [3.05, 3.63) is 24.5 Å². The number of nitrogens with zero attached hydrogens (tertiary/aromatic N) is 1. The summed E-state index contributed by atoms with van der Waals surface area (Å²) in [5, 5.41) is 0. The quantitative estimate of drug-likeness (QED) is 0.620. The van der Waals surface area contributed by atoms with Crippen molar-refractivity contribution in [2.45, 2.75) is 78.1 Å². The number of carbonyl (C=O) groups excluding carboxylic acids is 1. The van der Waals surface area contributed by atoms with E-state index in [0.717, 1.165) is 35.8 Å². The Morgan fingerprint density at radius 1 is 0.966 bits per heavy atom. The Morgan fingerprint density at radius 2 is 1.76 bits per heavy atom. The number of rotatable bonds is 4. The third-order valence-corrected chi connectivity index (χ3v) is 10.0.